The number of para-hydroxylation sites is 1. The van der Waals surface area contributed by atoms with E-state index in [2.05, 4.69) is 5.32 Å². The number of nitrogens with one attached hydrogen (secondary N) is 2. The normalized spacial score (nSPS) is 11.8. The Balaban J connectivity index is 2.04. The number of amides is 2. The van der Waals surface area contributed by atoms with Crippen LogP contribution in [0.3, 0.4) is 0 Å². The van der Waals surface area contributed by atoms with Crippen LogP contribution in [0.2, 0.25) is 0 Å². The van der Waals surface area contributed by atoms with Crippen LogP contribution in [0.5, 0.6) is 0 Å². The van der Waals surface area contributed by atoms with Gasteiger partial charge < -0.3 is 10.2 Å². The molecule has 0 aliphatic rings. The van der Waals surface area contributed by atoms with Crippen molar-refractivity contribution in [1.82, 2.24) is 9.62 Å². The molecular formula is C21H24F3N3O4S. The van der Waals surface area contributed by atoms with Crippen molar-refractivity contribution in [2.45, 2.75) is 31.3 Å². The Labute approximate surface area is 184 Å². The van der Waals surface area contributed by atoms with E-state index in [1.54, 1.807) is 19.1 Å². The number of carbonyl (C=O) groups excluding carboxylic acids is 2. The zero-order chi connectivity index (χ0) is 23.9. The number of hydrogen-bond acceptors (Lipinski definition) is 4. The number of aryl methyl sites for hydroxylation is 1. The van der Waals surface area contributed by atoms with Crippen molar-refractivity contribution < 1.29 is 31.2 Å². The number of halogens is 3. The van der Waals surface area contributed by atoms with Crippen LogP contribution >= 0.6 is 0 Å². The fourth-order valence-electron chi connectivity index (χ4n) is 2.83. The van der Waals surface area contributed by atoms with E-state index in [1.807, 2.05) is 23.8 Å². The molecule has 0 spiro atoms. The molecule has 2 amide bonds. The summed E-state index contributed by atoms with van der Waals surface area (Å²) in [6, 6.07) is 10.3. The fraction of sp³-hybridized carbons (Fsp3) is 0.333. The molecule has 2 N–H and O–H groups in total. The van der Waals surface area contributed by atoms with Gasteiger partial charge in [-0.2, -0.15) is 13.2 Å². The van der Waals surface area contributed by atoms with Crippen LogP contribution in [0, 0.1) is 6.92 Å². The van der Waals surface area contributed by atoms with Crippen molar-refractivity contribution in [3.63, 3.8) is 0 Å². The lowest BCUT2D eigenvalue weighted by Gasteiger charge is -2.22. The van der Waals surface area contributed by atoms with Crippen molar-refractivity contribution in [3.8, 4) is 0 Å². The first-order valence-corrected chi connectivity index (χ1v) is 11.2. The van der Waals surface area contributed by atoms with Crippen molar-refractivity contribution in [1.29, 1.82) is 0 Å². The number of benzene rings is 2. The van der Waals surface area contributed by atoms with Crippen LogP contribution in [0.25, 0.3) is 0 Å². The lowest BCUT2D eigenvalue weighted by Crippen LogP contribution is -2.44. The minimum atomic E-state index is -4.70. The third-order valence-corrected chi connectivity index (χ3v) is 5.88. The maximum Gasteiger partial charge on any atom is 0.416 e. The molecule has 0 saturated heterocycles. The highest BCUT2D eigenvalue weighted by atomic mass is 32.2. The highest BCUT2D eigenvalue weighted by Crippen LogP contribution is 2.30. The Bertz CT molecular complexity index is 1070. The molecule has 0 fully saturated rings. The molecule has 7 nitrogen and oxygen atoms in total. The largest absolute Gasteiger partial charge is 0.416 e. The van der Waals surface area contributed by atoms with Crippen LogP contribution in [-0.4, -0.2) is 44.8 Å². The van der Waals surface area contributed by atoms with E-state index >= 15 is 0 Å². The van der Waals surface area contributed by atoms with Gasteiger partial charge in [-0.3, -0.25) is 9.59 Å². The lowest BCUT2D eigenvalue weighted by atomic mass is 10.2. The average molecular weight is 472 g/mol. The first kappa shape index (κ1) is 25.3. The maximum absolute atomic E-state index is 12.8. The molecule has 0 atom stereocenters. The highest BCUT2D eigenvalue weighted by molar-refractivity contribution is 7.89. The van der Waals surface area contributed by atoms with Crippen LogP contribution in [0.4, 0.5) is 18.9 Å². The summed E-state index contributed by atoms with van der Waals surface area (Å²) >= 11 is 0. The van der Waals surface area contributed by atoms with Crippen molar-refractivity contribution in [2.24, 2.45) is 0 Å². The van der Waals surface area contributed by atoms with E-state index in [4.69, 9.17) is 0 Å². The van der Waals surface area contributed by atoms with Gasteiger partial charge in [-0.25, -0.2) is 13.1 Å². The Morgan fingerprint density at radius 2 is 1.75 bits per heavy atom. The zero-order valence-electron chi connectivity index (χ0n) is 17.6. The van der Waals surface area contributed by atoms with Gasteiger partial charge in [-0.05, 0) is 43.2 Å². The van der Waals surface area contributed by atoms with Crippen LogP contribution in [-0.2, 0) is 25.8 Å². The molecule has 2 aromatic carbocycles. The first-order chi connectivity index (χ1) is 14.9. The molecule has 2 rings (SSSR count). The van der Waals surface area contributed by atoms with Gasteiger partial charge in [-0.15, -0.1) is 0 Å². The number of alkyl halides is 3. The Hall–Kier alpha value is -2.92. The molecule has 0 bridgehead atoms. The molecule has 2 aromatic rings. The summed E-state index contributed by atoms with van der Waals surface area (Å²) in [6.45, 7) is 2.80. The third-order valence-electron chi connectivity index (χ3n) is 4.48. The Morgan fingerprint density at radius 1 is 1.06 bits per heavy atom. The first-order valence-electron chi connectivity index (χ1n) is 9.74. The summed E-state index contributed by atoms with van der Waals surface area (Å²) in [4.78, 5) is 25.5. The van der Waals surface area contributed by atoms with E-state index in [9.17, 15) is 31.2 Å². The summed E-state index contributed by atoms with van der Waals surface area (Å²) in [7, 11) is -4.37. The second-order valence-electron chi connectivity index (χ2n) is 7.03. The number of carbonyl (C=O) groups is 2. The van der Waals surface area contributed by atoms with E-state index in [0.717, 1.165) is 23.8 Å². The molecule has 174 valence electrons. The maximum atomic E-state index is 12.8. The van der Waals surface area contributed by atoms with Gasteiger partial charge >= 0.3 is 6.18 Å². The second kappa shape index (κ2) is 10.6. The second-order valence-corrected chi connectivity index (χ2v) is 8.80. The van der Waals surface area contributed by atoms with Crippen LogP contribution in [0.1, 0.15) is 24.5 Å². The van der Waals surface area contributed by atoms with Crippen molar-refractivity contribution in [3.05, 3.63) is 59.7 Å². The van der Waals surface area contributed by atoms with Gasteiger partial charge in [0, 0.05) is 12.2 Å². The van der Waals surface area contributed by atoms with E-state index < -0.39 is 45.0 Å². The summed E-state index contributed by atoms with van der Waals surface area (Å²) < 4.78 is 65.3. The number of hydrogen-bond donors (Lipinski definition) is 2. The zero-order valence-corrected chi connectivity index (χ0v) is 18.4. The molecule has 11 heteroatoms. The molecule has 0 aliphatic carbocycles. The number of sulfonamides is 1. The van der Waals surface area contributed by atoms with Gasteiger partial charge in [0.25, 0.3) is 0 Å². The minimum Gasteiger partial charge on any atom is -0.332 e. The van der Waals surface area contributed by atoms with Gasteiger partial charge in [0.2, 0.25) is 21.8 Å². The monoisotopic (exact) mass is 471 g/mol. The van der Waals surface area contributed by atoms with Crippen LogP contribution in [0.15, 0.2) is 53.4 Å². The predicted octanol–water partition coefficient (Wildman–Crippen LogP) is 3.17. The van der Waals surface area contributed by atoms with Crippen LogP contribution < -0.4 is 10.0 Å². The topological polar surface area (TPSA) is 95.6 Å². The molecule has 0 radical (unpaired) electrons. The van der Waals surface area contributed by atoms with Gasteiger partial charge in [-0.1, -0.05) is 31.2 Å². The predicted molar refractivity (Wildman–Crippen MR) is 113 cm³/mol. The molecule has 0 unspecified atom stereocenters. The summed E-state index contributed by atoms with van der Waals surface area (Å²) in [5.41, 5.74) is 0.307. The van der Waals surface area contributed by atoms with E-state index in [0.29, 0.717) is 18.2 Å². The number of nitrogens with zero attached hydrogens (tertiary/aromatic N) is 1. The van der Waals surface area contributed by atoms with Gasteiger partial charge in [0.15, 0.2) is 0 Å². The van der Waals surface area contributed by atoms with Gasteiger partial charge in [0.1, 0.15) is 0 Å². The van der Waals surface area contributed by atoms with E-state index in [1.165, 1.54) is 4.90 Å². The minimum absolute atomic E-state index is 0.200. The van der Waals surface area contributed by atoms with Gasteiger partial charge in [0.05, 0.1) is 23.5 Å². The molecule has 0 heterocycles. The molecule has 0 aromatic heterocycles. The summed E-state index contributed by atoms with van der Waals surface area (Å²) in [6.07, 6.45) is -4.19. The van der Waals surface area contributed by atoms with Crippen molar-refractivity contribution >= 4 is 27.5 Å². The fourth-order valence-corrected chi connectivity index (χ4v) is 3.85. The highest BCUT2D eigenvalue weighted by Gasteiger charge is 2.31. The SMILES string of the molecule is CCCN(CC(=O)Nc1ccccc1C)C(=O)CNS(=O)(=O)c1cccc(C(F)(F)F)c1. The standard InChI is InChI=1S/C21H24F3N3O4S/c1-3-11-27(14-19(28)26-18-10-5-4-7-15(18)2)20(29)13-25-32(30,31)17-9-6-8-16(12-17)21(22,23)24/h4-10,12,25H,3,11,13-14H2,1-2H3,(H,26,28). The average Bonchev–Trinajstić information content (AvgIpc) is 2.73. The molecule has 0 saturated carbocycles. The molecular weight excluding hydrogens is 447 g/mol. The number of rotatable bonds is 9. The lowest BCUT2D eigenvalue weighted by molar-refractivity contribution is -0.137. The van der Waals surface area contributed by atoms with Crippen molar-refractivity contribution in [2.75, 3.05) is 25.0 Å². The van der Waals surface area contributed by atoms with E-state index in [-0.39, 0.29) is 13.1 Å². The Morgan fingerprint density at radius 3 is 2.38 bits per heavy atom. The molecule has 0 aliphatic heterocycles. The number of anilines is 1. The Kier molecular flexibility index (Phi) is 8.39. The third kappa shape index (κ3) is 7.06. The molecule has 32 heavy (non-hydrogen) atoms. The summed E-state index contributed by atoms with van der Waals surface area (Å²) in [5.74, 6) is -1.14. The quantitative estimate of drug-likeness (QED) is 0.587. The summed E-state index contributed by atoms with van der Waals surface area (Å²) in [5, 5.41) is 2.69. The smallest absolute Gasteiger partial charge is 0.332 e.